The van der Waals surface area contributed by atoms with Gasteiger partial charge in [-0.3, -0.25) is 0 Å². The summed E-state index contributed by atoms with van der Waals surface area (Å²) >= 11 is 0. The standard InChI is InChI=1S/C17H10N2O4/c18-7-12-15(19)13(9-5-6-21-8-9)14-16(22-12)10-3-1-2-4-11(10)23-17(14)20/h1-6,8,13H,19H2. The second-order valence-electron chi connectivity index (χ2n) is 5.12. The van der Waals surface area contributed by atoms with Gasteiger partial charge in [0.1, 0.15) is 11.7 Å². The largest absolute Gasteiger partial charge is 0.472 e. The molecule has 0 saturated heterocycles. The van der Waals surface area contributed by atoms with E-state index in [1.54, 1.807) is 30.3 Å². The van der Waals surface area contributed by atoms with Crippen LogP contribution < -0.4 is 16.1 Å². The minimum atomic E-state index is -0.645. The van der Waals surface area contributed by atoms with Crippen molar-refractivity contribution in [1.29, 1.82) is 5.26 Å². The molecule has 0 bridgehead atoms. The molecular weight excluding hydrogens is 296 g/mol. The number of nitrogens with two attached hydrogens (primary N) is 1. The number of nitriles is 1. The van der Waals surface area contributed by atoms with Gasteiger partial charge < -0.3 is 19.3 Å². The Morgan fingerprint density at radius 3 is 2.78 bits per heavy atom. The van der Waals surface area contributed by atoms with Crippen LogP contribution in [0.15, 0.2) is 67.9 Å². The van der Waals surface area contributed by atoms with Crippen molar-refractivity contribution >= 4 is 11.0 Å². The molecule has 2 aromatic heterocycles. The van der Waals surface area contributed by atoms with Crippen molar-refractivity contribution in [3.8, 4) is 11.8 Å². The van der Waals surface area contributed by atoms with Crippen LogP contribution in [-0.4, -0.2) is 0 Å². The molecule has 6 heteroatoms. The number of hydrogen-bond acceptors (Lipinski definition) is 6. The molecule has 2 N–H and O–H groups in total. The van der Waals surface area contributed by atoms with Gasteiger partial charge in [-0.1, -0.05) is 12.1 Å². The first-order chi connectivity index (χ1) is 11.2. The molecule has 1 unspecified atom stereocenters. The van der Waals surface area contributed by atoms with E-state index in [-0.39, 0.29) is 17.0 Å². The summed E-state index contributed by atoms with van der Waals surface area (Å²) < 4.78 is 16.1. The second-order valence-corrected chi connectivity index (χ2v) is 5.12. The van der Waals surface area contributed by atoms with Gasteiger partial charge in [-0.15, -0.1) is 0 Å². The number of rotatable bonds is 1. The van der Waals surface area contributed by atoms with E-state index in [2.05, 4.69) is 0 Å². The highest BCUT2D eigenvalue weighted by atomic mass is 16.5. The number of allylic oxidation sites excluding steroid dienone is 2. The molecule has 0 aliphatic carbocycles. The summed E-state index contributed by atoms with van der Waals surface area (Å²) in [4.78, 5) is 12.5. The number of fused-ring (bicyclic) bond motifs is 3. The van der Waals surface area contributed by atoms with Crippen LogP contribution in [0.3, 0.4) is 0 Å². The van der Waals surface area contributed by atoms with Gasteiger partial charge in [-0.05, 0) is 18.2 Å². The first-order valence-electron chi connectivity index (χ1n) is 6.86. The lowest BCUT2D eigenvalue weighted by Crippen LogP contribution is -2.26. The highest BCUT2D eigenvalue weighted by Gasteiger charge is 2.35. The third-order valence-corrected chi connectivity index (χ3v) is 3.84. The highest BCUT2D eigenvalue weighted by Crippen LogP contribution is 2.42. The Kier molecular flexibility index (Phi) is 2.75. The minimum absolute atomic E-state index is 0.0283. The van der Waals surface area contributed by atoms with E-state index in [1.807, 2.05) is 6.07 Å². The lowest BCUT2D eigenvalue weighted by molar-refractivity contribution is 0.407. The van der Waals surface area contributed by atoms with Gasteiger partial charge >= 0.3 is 5.63 Å². The van der Waals surface area contributed by atoms with Crippen molar-refractivity contribution < 1.29 is 13.6 Å². The molecule has 1 atom stereocenters. The Bertz CT molecular complexity index is 1040. The quantitative estimate of drug-likeness (QED) is 0.693. The van der Waals surface area contributed by atoms with Gasteiger partial charge in [0.05, 0.1) is 35.1 Å². The van der Waals surface area contributed by atoms with Crippen molar-refractivity contribution in [2.75, 3.05) is 0 Å². The molecule has 23 heavy (non-hydrogen) atoms. The Labute approximate surface area is 130 Å². The molecule has 0 fully saturated rings. The fraction of sp³-hybridized carbons (Fsp3) is 0.0588. The number of furan rings is 1. The van der Waals surface area contributed by atoms with Gasteiger partial charge in [0.15, 0.2) is 5.75 Å². The maximum atomic E-state index is 12.5. The summed E-state index contributed by atoms with van der Waals surface area (Å²) in [6, 6.07) is 10.6. The van der Waals surface area contributed by atoms with Crippen LogP contribution >= 0.6 is 0 Å². The molecular formula is C17H10N2O4. The van der Waals surface area contributed by atoms with E-state index in [4.69, 9.17) is 19.3 Å². The molecule has 3 aromatic rings. The number of hydrogen-bond donors (Lipinski definition) is 1. The predicted molar refractivity (Wildman–Crippen MR) is 80.5 cm³/mol. The van der Waals surface area contributed by atoms with Crippen LogP contribution in [0.2, 0.25) is 0 Å². The maximum Gasteiger partial charge on any atom is 0.344 e. The molecule has 0 spiro atoms. The fourth-order valence-electron chi connectivity index (χ4n) is 2.82. The van der Waals surface area contributed by atoms with Crippen molar-refractivity contribution in [3.05, 3.63) is 75.9 Å². The summed E-state index contributed by atoms with van der Waals surface area (Å²) in [6.45, 7) is 0. The highest BCUT2D eigenvalue weighted by molar-refractivity contribution is 5.85. The van der Waals surface area contributed by atoms with Crippen LogP contribution in [0.1, 0.15) is 17.0 Å². The Morgan fingerprint density at radius 1 is 1.22 bits per heavy atom. The van der Waals surface area contributed by atoms with Gasteiger partial charge in [0.2, 0.25) is 5.76 Å². The van der Waals surface area contributed by atoms with Crippen LogP contribution in [0.25, 0.3) is 11.0 Å². The molecule has 0 amide bonds. The molecule has 4 rings (SSSR count). The van der Waals surface area contributed by atoms with Gasteiger partial charge in [0.25, 0.3) is 0 Å². The Morgan fingerprint density at radius 2 is 2.04 bits per heavy atom. The third-order valence-electron chi connectivity index (χ3n) is 3.84. The molecule has 1 aromatic carbocycles. The number of nitrogens with zero attached hydrogens (tertiary/aromatic N) is 1. The Hall–Kier alpha value is -3.46. The average molecular weight is 306 g/mol. The smallest absolute Gasteiger partial charge is 0.344 e. The molecule has 1 aliphatic rings. The van der Waals surface area contributed by atoms with E-state index in [0.29, 0.717) is 22.3 Å². The van der Waals surface area contributed by atoms with Crippen LogP contribution in [0.5, 0.6) is 5.75 Å². The van der Waals surface area contributed by atoms with Crippen molar-refractivity contribution in [1.82, 2.24) is 0 Å². The topological polar surface area (TPSA) is 102 Å². The SMILES string of the molecule is N#CC1=C(N)C(c2ccoc2)c2c(c3ccccc3oc2=O)O1. The lowest BCUT2D eigenvalue weighted by atomic mass is 9.88. The molecule has 6 nitrogen and oxygen atoms in total. The van der Waals surface area contributed by atoms with Crippen LogP contribution in [0.4, 0.5) is 0 Å². The number of para-hydroxylation sites is 1. The molecule has 0 radical (unpaired) electrons. The minimum Gasteiger partial charge on any atom is -0.472 e. The molecule has 0 saturated carbocycles. The number of ether oxygens (including phenoxy) is 1. The Balaban J connectivity index is 2.11. The third kappa shape index (κ3) is 1.84. The summed E-state index contributed by atoms with van der Waals surface area (Å²) in [5, 5.41) is 9.91. The summed E-state index contributed by atoms with van der Waals surface area (Å²) in [6.07, 6.45) is 2.96. The van der Waals surface area contributed by atoms with E-state index in [1.165, 1.54) is 12.5 Å². The summed E-state index contributed by atoms with van der Waals surface area (Å²) in [7, 11) is 0. The summed E-state index contributed by atoms with van der Waals surface area (Å²) in [5.41, 5.74) is 6.98. The first-order valence-corrected chi connectivity index (χ1v) is 6.86. The van der Waals surface area contributed by atoms with Crippen LogP contribution in [0, 0.1) is 11.3 Å². The second kappa shape index (κ2) is 4.78. The van der Waals surface area contributed by atoms with Crippen molar-refractivity contribution in [2.24, 2.45) is 5.73 Å². The molecule has 112 valence electrons. The predicted octanol–water partition coefficient (Wildman–Crippen LogP) is 2.60. The van der Waals surface area contributed by atoms with Crippen molar-refractivity contribution in [2.45, 2.75) is 5.92 Å². The zero-order valence-corrected chi connectivity index (χ0v) is 11.8. The maximum absolute atomic E-state index is 12.5. The number of benzene rings is 1. The van der Waals surface area contributed by atoms with Crippen molar-refractivity contribution in [3.63, 3.8) is 0 Å². The zero-order valence-electron chi connectivity index (χ0n) is 11.8. The fourth-order valence-corrected chi connectivity index (χ4v) is 2.82. The van der Waals surface area contributed by atoms with E-state index in [9.17, 15) is 10.1 Å². The zero-order chi connectivity index (χ0) is 16.0. The summed E-state index contributed by atoms with van der Waals surface area (Å²) in [5.74, 6) is -0.374. The van der Waals surface area contributed by atoms with Crippen LogP contribution in [-0.2, 0) is 0 Å². The van der Waals surface area contributed by atoms with Gasteiger partial charge in [-0.25, -0.2) is 4.79 Å². The van der Waals surface area contributed by atoms with E-state index < -0.39 is 11.5 Å². The van der Waals surface area contributed by atoms with E-state index >= 15 is 0 Å². The normalized spacial score (nSPS) is 16.7. The van der Waals surface area contributed by atoms with Gasteiger partial charge in [0, 0.05) is 5.56 Å². The monoisotopic (exact) mass is 306 g/mol. The first kappa shape index (κ1) is 13.2. The lowest BCUT2D eigenvalue weighted by Gasteiger charge is -2.25. The molecule has 1 aliphatic heterocycles. The molecule has 3 heterocycles. The van der Waals surface area contributed by atoms with E-state index in [0.717, 1.165) is 0 Å². The van der Waals surface area contributed by atoms with Gasteiger partial charge in [-0.2, -0.15) is 5.26 Å². The average Bonchev–Trinajstić information content (AvgIpc) is 3.08.